The highest BCUT2D eigenvalue weighted by molar-refractivity contribution is 7.92. The molecule has 0 aliphatic carbocycles. The van der Waals surface area contributed by atoms with Gasteiger partial charge in [0.1, 0.15) is 12.6 Å². The van der Waals surface area contributed by atoms with Gasteiger partial charge < -0.3 is 10.2 Å². The Hall–Kier alpha value is -2.79. The third-order valence-corrected chi connectivity index (χ3v) is 6.89. The van der Waals surface area contributed by atoms with Crippen molar-refractivity contribution in [2.45, 2.75) is 38.9 Å². The summed E-state index contributed by atoms with van der Waals surface area (Å²) in [5, 5.41) is 2.40. The molecule has 36 heavy (non-hydrogen) atoms. The van der Waals surface area contributed by atoms with Gasteiger partial charge in [0.05, 0.1) is 22.5 Å². The molecule has 2 rings (SSSR count). The maximum absolute atomic E-state index is 13.5. The zero-order chi connectivity index (χ0) is 27.1. The highest BCUT2D eigenvalue weighted by atomic mass is 35.5. The van der Waals surface area contributed by atoms with E-state index >= 15 is 0 Å². The van der Waals surface area contributed by atoms with Gasteiger partial charge in [-0.25, -0.2) is 8.42 Å². The number of alkyl halides is 3. The molecule has 0 unspecified atom stereocenters. The number of rotatable bonds is 11. The van der Waals surface area contributed by atoms with E-state index in [2.05, 4.69) is 5.32 Å². The third kappa shape index (κ3) is 7.86. The summed E-state index contributed by atoms with van der Waals surface area (Å²) >= 11 is 6.07. The van der Waals surface area contributed by atoms with Gasteiger partial charge in [-0.05, 0) is 43.5 Å². The van der Waals surface area contributed by atoms with Gasteiger partial charge in [-0.3, -0.25) is 13.9 Å². The number of anilines is 1. The van der Waals surface area contributed by atoms with Crippen molar-refractivity contribution in [3.8, 4) is 0 Å². The lowest BCUT2D eigenvalue weighted by Crippen LogP contribution is -2.53. The van der Waals surface area contributed by atoms with Crippen molar-refractivity contribution >= 4 is 39.1 Å². The first kappa shape index (κ1) is 29.4. The molecule has 0 heterocycles. The number of likely N-dealkylation sites (N-methyl/N-ethyl adjacent to an activating group) is 1. The molecule has 12 heteroatoms. The van der Waals surface area contributed by atoms with E-state index in [1.165, 1.54) is 4.90 Å². The second-order valence-electron chi connectivity index (χ2n) is 8.07. The molecule has 0 saturated carbocycles. The van der Waals surface area contributed by atoms with Gasteiger partial charge >= 0.3 is 6.18 Å². The molecule has 2 aromatic carbocycles. The van der Waals surface area contributed by atoms with Crippen LogP contribution in [0, 0.1) is 0 Å². The maximum atomic E-state index is 13.5. The van der Waals surface area contributed by atoms with Crippen molar-refractivity contribution in [3.05, 3.63) is 64.7 Å². The van der Waals surface area contributed by atoms with E-state index in [0.717, 1.165) is 24.0 Å². The number of carbonyl (C=O) groups excluding carboxylic acids is 2. The molecule has 1 atom stereocenters. The van der Waals surface area contributed by atoms with Crippen LogP contribution in [0.2, 0.25) is 5.02 Å². The minimum atomic E-state index is -4.75. The Bertz CT molecular complexity index is 1160. The third-order valence-electron chi connectivity index (χ3n) is 5.44. The van der Waals surface area contributed by atoms with Crippen LogP contribution in [0.5, 0.6) is 0 Å². The number of hydrogen-bond acceptors (Lipinski definition) is 4. The molecule has 0 aliphatic heterocycles. The highest BCUT2D eigenvalue weighted by Crippen LogP contribution is 2.36. The number of nitrogens with zero attached hydrogens (tertiary/aromatic N) is 2. The van der Waals surface area contributed by atoms with Crippen LogP contribution in [0.25, 0.3) is 0 Å². The van der Waals surface area contributed by atoms with Gasteiger partial charge in [0.25, 0.3) is 0 Å². The summed E-state index contributed by atoms with van der Waals surface area (Å²) in [5.74, 6) is -1.16. The number of sulfonamides is 1. The average Bonchev–Trinajstić information content (AvgIpc) is 2.80. The fraction of sp³-hybridized carbons (Fsp3) is 0.417. The van der Waals surface area contributed by atoms with E-state index in [0.29, 0.717) is 23.3 Å². The first-order valence-corrected chi connectivity index (χ1v) is 13.5. The summed E-state index contributed by atoms with van der Waals surface area (Å²) in [5.41, 5.74) is -0.698. The molecule has 0 aliphatic rings. The SMILES string of the molecule is CCNC(=O)[C@H](CC)N(CCc1ccccc1)C(=O)CN(c1cc(C(F)(F)F)ccc1Cl)S(C)(=O)=O. The Morgan fingerprint density at radius 2 is 1.72 bits per heavy atom. The van der Waals surface area contributed by atoms with Crippen molar-refractivity contribution in [3.63, 3.8) is 0 Å². The zero-order valence-electron chi connectivity index (χ0n) is 20.2. The van der Waals surface area contributed by atoms with Crippen LogP contribution in [-0.4, -0.2) is 57.1 Å². The Morgan fingerprint density at radius 3 is 2.25 bits per heavy atom. The Labute approximate surface area is 214 Å². The number of carbonyl (C=O) groups is 2. The normalized spacial score (nSPS) is 12.6. The van der Waals surface area contributed by atoms with Crippen LogP contribution >= 0.6 is 11.6 Å². The van der Waals surface area contributed by atoms with Crippen LogP contribution in [0.15, 0.2) is 48.5 Å². The molecule has 7 nitrogen and oxygen atoms in total. The number of hydrogen-bond donors (Lipinski definition) is 1. The van der Waals surface area contributed by atoms with Crippen LogP contribution in [0.1, 0.15) is 31.4 Å². The van der Waals surface area contributed by atoms with Crippen molar-refractivity contribution < 1.29 is 31.2 Å². The number of nitrogens with one attached hydrogen (secondary N) is 1. The molecule has 198 valence electrons. The lowest BCUT2D eigenvalue weighted by Gasteiger charge is -2.33. The summed E-state index contributed by atoms with van der Waals surface area (Å²) in [6.07, 6.45) is -3.35. The maximum Gasteiger partial charge on any atom is 0.416 e. The van der Waals surface area contributed by atoms with Gasteiger partial charge in [-0.15, -0.1) is 0 Å². The van der Waals surface area contributed by atoms with Crippen LogP contribution in [0.3, 0.4) is 0 Å². The standard InChI is InChI=1S/C24H29ClF3N3O4S/c1-4-20(23(33)29-5-2)30(14-13-17-9-7-6-8-10-17)22(32)16-31(36(3,34)35)21-15-18(24(26,27)28)11-12-19(21)25/h6-12,15,20H,4-5,13-14,16H2,1-3H3,(H,29,33)/t20-/m0/s1. The smallest absolute Gasteiger partial charge is 0.355 e. The van der Waals surface area contributed by atoms with E-state index in [9.17, 15) is 31.2 Å². The van der Waals surface area contributed by atoms with Gasteiger partial charge in [0.15, 0.2) is 0 Å². The molecule has 0 fully saturated rings. The largest absolute Gasteiger partial charge is 0.416 e. The average molecular weight is 548 g/mol. The van der Waals surface area contributed by atoms with E-state index in [4.69, 9.17) is 11.6 Å². The molecular weight excluding hydrogens is 519 g/mol. The molecule has 2 aromatic rings. The summed E-state index contributed by atoms with van der Waals surface area (Å²) in [6, 6.07) is 10.5. The van der Waals surface area contributed by atoms with E-state index < -0.39 is 51.9 Å². The fourth-order valence-electron chi connectivity index (χ4n) is 3.66. The lowest BCUT2D eigenvalue weighted by molar-refractivity contribution is -0.139. The summed E-state index contributed by atoms with van der Waals surface area (Å²) in [7, 11) is -4.23. The lowest BCUT2D eigenvalue weighted by atomic mass is 10.1. The summed E-state index contributed by atoms with van der Waals surface area (Å²) in [4.78, 5) is 27.4. The van der Waals surface area contributed by atoms with Gasteiger partial charge in [-0.1, -0.05) is 48.9 Å². The topological polar surface area (TPSA) is 86.8 Å². The van der Waals surface area contributed by atoms with Gasteiger partial charge in [-0.2, -0.15) is 13.2 Å². The molecule has 0 radical (unpaired) electrons. The number of benzene rings is 2. The van der Waals surface area contributed by atoms with Gasteiger partial charge in [0, 0.05) is 13.1 Å². The molecular formula is C24H29ClF3N3O4S. The monoisotopic (exact) mass is 547 g/mol. The minimum absolute atomic E-state index is 0.0897. The molecule has 1 N–H and O–H groups in total. The van der Waals surface area contributed by atoms with E-state index in [-0.39, 0.29) is 18.0 Å². The molecule has 0 bridgehead atoms. The predicted molar refractivity (Wildman–Crippen MR) is 133 cm³/mol. The van der Waals surface area contributed by atoms with Crippen LogP contribution in [-0.2, 0) is 32.2 Å². The Morgan fingerprint density at radius 1 is 1.08 bits per heavy atom. The van der Waals surface area contributed by atoms with Crippen molar-refractivity contribution in [2.24, 2.45) is 0 Å². The quantitative estimate of drug-likeness (QED) is 0.459. The molecule has 0 aromatic heterocycles. The summed E-state index contributed by atoms with van der Waals surface area (Å²) in [6.45, 7) is 3.02. The number of halogens is 4. The van der Waals surface area contributed by atoms with Gasteiger partial charge in [0.2, 0.25) is 21.8 Å². The van der Waals surface area contributed by atoms with Crippen molar-refractivity contribution in [1.29, 1.82) is 0 Å². The highest BCUT2D eigenvalue weighted by Gasteiger charge is 2.35. The second-order valence-corrected chi connectivity index (χ2v) is 10.4. The molecule has 0 spiro atoms. The number of amides is 2. The molecule has 2 amide bonds. The fourth-order valence-corrected chi connectivity index (χ4v) is 4.79. The second kappa shape index (κ2) is 12.4. The summed E-state index contributed by atoms with van der Waals surface area (Å²) < 4.78 is 65.6. The van der Waals surface area contributed by atoms with Crippen molar-refractivity contribution in [2.75, 3.05) is 30.2 Å². The zero-order valence-corrected chi connectivity index (χ0v) is 21.8. The Kier molecular flexibility index (Phi) is 10.2. The molecule has 0 saturated heterocycles. The van der Waals surface area contributed by atoms with E-state index in [1.807, 2.05) is 30.3 Å². The first-order valence-electron chi connectivity index (χ1n) is 11.2. The van der Waals surface area contributed by atoms with Crippen molar-refractivity contribution in [1.82, 2.24) is 10.2 Å². The van der Waals surface area contributed by atoms with Crippen LogP contribution < -0.4 is 9.62 Å². The van der Waals surface area contributed by atoms with Crippen LogP contribution in [0.4, 0.5) is 18.9 Å². The Balaban J connectivity index is 2.46. The van der Waals surface area contributed by atoms with E-state index in [1.54, 1.807) is 13.8 Å². The minimum Gasteiger partial charge on any atom is -0.355 e. The predicted octanol–water partition coefficient (Wildman–Crippen LogP) is 4.11. The first-order chi connectivity index (χ1) is 16.8.